The molecule has 0 unspecified atom stereocenters. The van der Waals surface area contributed by atoms with Crippen molar-refractivity contribution in [2.75, 3.05) is 6.61 Å². The van der Waals surface area contributed by atoms with E-state index in [1.54, 1.807) is 20.8 Å². The van der Waals surface area contributed by atoms with Gasteiger partial charge < -0.3 is 15.0 Å². The average Bonchev–Trinajstić information content (AvgIpc) is 2.89. The first-order valence-corrected chi connectivity index (χ1v) is 8.58. The Bertz CT molecular complexity index is 750. The summed E-state index contributed by atoms with van der Waals surface area (Å²) < 4.78 is 5.08. The van der Waals surface area contributed by atoms with Crippen LogP contribution in [-0.4, -0.2) is 29.4 Å². The number of aryl methyl sites for hydroxylation is 1. The standard InChI is InChI=1S/C20H26N2O3/c1-6-25-20(24)17-12(2)18(22-14(17)4)19(23)15(5)21-13(3)16-10-8-7-9-11-16/h7-11,13,15,21-22H,6H2,1-5H3/t13-,15+/m0/s1. The Labute approximate surface area is 148 Å². The molecule has 0 spiro atoms. The third-order valence-corrected chi connectivity index (χ3v) is 4.36. The summed E-state index contributed by atoms with van der Waals surface area (Å²) in [6.45, 7) is 9.48. The van der Waals surface area contributed by atoms with Crippen molar-refractivity contribution in [3.05, 3.63) is 58.4 Å². The van der Waals surface area contributed by atoms with E-state index in [-0.39, 0.29) is 17.9 Å². The zero-order valence-corrected chi connectivity index (χ0v) is 15.5. The van der Waals surface area contributed by atoms with E-state index >= 15 is 0 Å². The van der Waals surface area contributed by atoms with Crippen LogP contribution in [0.5, 0.6) is 0 Å². The quantitative estimate of drug-likeness (QED) is 0.594. The number of rotatable bonds is 7. The summed E-state index contributed by atoms with van der Waals surface area (Å²) >= 11 is 0. The highest BCUT2D eigenvalue weighted by Gasteiger charge is 2.26. The number of Topliss-reactive ketones (excluding diaryl/α,β-unsaturated/α-hetero) is 1. The number of carbonyl (C=O) groups excluding carboxylic acids is 2. The molecule has 2 aromatic rings. The van der Waals surface area contributed by atoms with Crippen molar-refractivity contribution in [2.45, 2.75) is 46.7 Å². The van der Waals surface area contributed by atoms with Gasteiger partial charge in [-0.3, -0.25) is 4.79 Å². The molecule has 0 fully saturated rings. The molecule has 0 bridgehead atoms. The maximum atomic E-state index is 12.8. The highest BCUT2D eigenvalue weighted by atomic mass is 16.5. The van der Waals surface area contributed by atoms with Crippen LogP contribution in [0, 0.1) is 13.8 Å². The Kier molecular flexibility index (Phi) is 6.15. The molecule has 1 aromatic heterocycles. The Morgan fingerprint density at radius 1 is 1.16 bits per heavy atom. The lowest BCUT2D eigenvalue weighted by atomic mass is 10.0. The van der Waals surface area contributed by atoms with Crippen molar-refractivity contribution in [1.82, 2.24) is 10.3 Å². The number of hydrogen-bond donors (Lipinski definition) is 2. The molecular formula is C20H26N2O3. The molecular weight excluding hydrogens is 316 g/mol. The van der Waals surface area contributed by atoms with Crippen LogP contribution < -0.4 is 5.32 Å². The monoisotopic (exact) mass is 342 g/mol. The predicted molar refractivity (Wildman–Crippen MR) is 98.0 cm³/mol. The number of H-pyrrole nitrogens is 1. The molecule has 1 heterocycles. The van der Waals surface area contributed by atoms with Gasteiger partial charge in [-0.25, -0.2) is 4.79 Å². The average molecular weight is 342 g/mol. The minimum absolute atomic E-state index is 0.0426. The van der Waals surface area contributed by atoms with Crippen molar-refractivity contribution < 1.29 is 14.3 Å². The van der Waals surface area contributed by atoms with Crippen LogP contribution in [0.15, 0.2) is 30.3 Å². The fourth-order valence-corrected chi connectivity index (χ4v) is 3.01. The summed E-state index contributed by atoms with van der Waals surface area (Å²) in [5.74, 6) is -0.468. The van der Waals surface area contributed by atoms with Crippen LogP contribution in [0.3, 0.4) is 0 Å². The maximum Gasteiger partial charge on any atom is 0.340 e. The molecule has 0 radical (unpaired) electrons. The summed E-state index contributed by atoms with van der Waals surface area (Å²) in [4.78, 5) is 28.0. The van der Waals surface area contributed by atoms with Gasteiger partial charge in [0.25, 0.3) is 0 Å². The molecule has 5 heteroatoms. The second kappa shape index (κ2) is 8.12. The Hall–Kier alpha value is -2.40. The van der Waals surface area contributed by atoms with E-state index in [4.69, 9.17) is 4.74 Å². The highest BCUT2D eigenvalue weighted by molar-refractivity contribution is 6.03. The lowest BCUT2D eigenvalue weighted by molar-refractivity contribution is 0.0525. The fourth-order valence-electron chi connectivity index (χ4n) is 3.01. The first-order chi connectivity index (χ1) is 11.9. The summed E-state index contributed by atoms with van der Waals surface area (Å²) in [6, 6.07) is 9.62. The molecule has 134 valence electrons. The van der Waals surface area contributed by atoms with Gasteiger partial charge in [-0.15, -0.1) is 0 Å². The van der Waals surface area contributed by atoms with Gasteiger partial charge >= 0.3 is 5.97 Å². The number of hydrogen-bond acceptors (Lipinski definition) is 4. The van der Waals surface area contributed by atoms with E-state index in [0.717, 1.165) is 5.56 Å². The van der Waals surface area contributed by atoms with Gasteiger partial charge in [0, 0.05) is 11.7 Å². The van der Waals surface area contributed by atoms with E-state index in [1.807, 2.05) is 44.2 Å². The number of aromatic nitrogens is 1. The Morgan fingerprint density at radius 3 is 2.40 bits per heavy atom. The molecule has 25 heavy (non-hydrogen) atoms. The van der Waals surface area contributed by atoms with Crippen molar-refractivity contribution in [3.8, 4) is 0 Å². The topological polar surface area (TPSA) is 71.2 Å². The van der Waals surface area contributed by atoms with Crippen molar-refractivity contribution >= 4 is 11.8 Å². The lowest BCUT2D eigenvalue weighted by Crippen LogP contribution is -2.36. The number of benzene rings is 1. The molecule has 0 aliphatic heterocycles. The predicted octanol–water partition coefficient (Wildman–Crippen LogP) is 3.73. The number of ether oxygens (including phenoxy) is 1. The molecule has 2 atom stereocenters. The first-order valence-electron chi connectivity index (χ1n) is 8.58. The van der Waals surface area contributed by atoms with Crippen LogP contribution in [0.4, 0.5) is 0 Å². The maximum absolute atomic E-state index is 12.8. The number of carbonyl (C=O) groups is 2. The zero-order chi connectivity index (χ0) is 18.6. The molecule has 0 amide bonds. The zero-order valence-electron chi connectivity index (χ0n) is 15.5. The second-order valence-electron chi connectivity index (χ2n) is 6.23. The van der Waals surface area contributed by atoms with Crippen molar-refractivity contribution in [3.63, 3.8) is 0 Å². The normalized spacial score (nSPS) is 13.3. The Balaban J connectivity index is 2.17. The van der Waals surface area contributed by atoms with Crippen LogP contribution in [0.1, 0.15) is 64.5 Å². The lowest BCUT2D eigenvalue weighted by Gasteiger charge is -2.19. The van der Waals surface area contributed by atoms with Crippen LogP contribution in [0.25, 0.3) is 0 Å². The minimum Gasteiger partial charge on any atom is -0.462 e. The molecule has 0 saturated carbocycles. The molecule has 0 saturated heterocycles. The second-order valence-corrected chi connectivity index (χ2v) is 6.23. The van der Waals surface area contributed by atoms with Crippen LogP contribution in [0.2, 0.25) is 0 Å². The number of aromatic amines is 1. The largest absolute Gasteiger partial charge is 0.462 e. The fraction of sp³-hybridized carbons (Fsp3) is 0.400. The van der Waals surface area contributed by atoms with Crippen LogP contribution >= 0.6 is 0 Å². The molecule has 1 aromatic carbocycles. The summed E-state index contributed by atoms with van der Waals surface area (Å²) in [5, 5.41) is 3.32. The molecule has 2 N–H and O–H groups in total. The number of esters is 1. The van der Waals surface area contributed by atoms with Gasteiger partial charge in [-0.2, -0.15) is 0 Å². The van der Waals surface area contributed by atoms with Gasteiger partial charge in [0.2, 0.25) is 0 Å². The van der Waals surface area contributed by atoms with E-state index in [0.29, 0.717) is 29.1 Å². The number of nitrogens with one attached hydrogen (secondary N) is 2. The van der Waals surface area contributed by atoms with Gasteiger partial charge in [-0.05, 0) is 45.7 Å². The van der Waals surface area contributed by atoms with Gasteiger partial charge in [0.1, 0.15) is 0 Å². The third-order valence-electron chi connectivity index (χ3n) is 4.36. The smallest absolute Gasteiger partial charge is 0.340 e. The molecule has 2 rings (SSSR count). The third kappa shape index (κ3) is 4.17. The van der Waals surface area contributed by atoms with E-state index in [1.165, 1.54) is 0 Å². The highest BCUT2D eigenvalue weighted by Crippen LogP contribution is 2.21. The SMILES string of the molecule is CCOC(=O)c1c(C)[nH]c(C(=O)[C@@H](C)N[C@@H](C)c2ccccc2)c1C. The molecule has 0 aliphatic rings. The van der Waals surface area contributed by atoms with Crippen molar-refractivity contribution in [1.29, 1.82) is 0 Å². The van der Waals surface area contributed by atoms with E-state index in [2.05, 4.69) is 10.3 Å². The van der Waals surface area contributed by atoms with Gasteiger partial charge in [0.15, 0.2) is 5.78 Å². The number of ketones is 1. The Morgan fingerprint density at radius 2 is 1.80 bits per heavy atom. The van der Waals surface area contributed by atoms with Gasteiger partial charge in [-0.1, -0.05) is 30.3 Å². The van der Waals surface area contributed by atoms with Gasteiger partial charge in [0.05, 0.1) is 23.9 Å². The van der Waals surface area contributed by atoms with Crippen molar-refractivity contribution in [2.24, 2.45) is 0 Å². The molecule has 0 aliphatic carbocycles. The minimum atomic E-state index is -0.397. The summed E-state index contributed by atoms with van der Waals surface area (Å²) in [5.41, 5.74) is 3.33. The van der Waals surface area contributed by atoms with Crippen LogP contribution in [-0.2, 0) is 4.74 Å². The summed E-state index contributed by atoms with van der Waals surface area (Å²) in [7, 11) is 0. The summed E-state index contributed by atoms with van der Waals surface area (Å²) in [6.07, 6.45) is 0. The van der Waals surface area contributed by atoms with E-state index < -0.39 is 5.97 Å². The molecule has 5 nitrogen and oxygen atoms in total. The first kappa shape index (κ1) is 18.9. The van der Waals surface area contributed by atoms with E-state index in [9.17, 15) is 9.59 Å².